The number of hydrazone groups is 1. The van der Waals surface area contributed by atoms with Gasteiger partial charge in [0, 0.05) is 26.2 Å². The number of amides is 1. The van der Waals surface area contributed by atoms with Gasteiger partial charge < -0.3 is 20.3 Å². The Morgan fingerprint density at radius 2 is 2.15 bits per heavy atom. The molecule has 9 nitrogen and oxygen atoms in total. The van der Waals surface area contributed by atoms with E-state index < -0.39 is 5.84 Å². The van der Waals surface area contributed by atoms with E-state index in [1.807, 2.05) is 6.07 Å². The van der Waals surface area contributed by atoms with Gasteiger partial charge in [0.25, 0.3) is 0 Å². The smallest absolute Gasteiger partial charge is 0.409 e. The minimum absolute atomic E-state index is 0.208. The molecular formula is C16H20ClN7O2. The second-order valence-corrected chi connectivity index (χ2v) is 5.84. The van der Waals surface area contributed by atoms with E-state index >= 15 is 0 Å². The number of nitrogens with zero attached hydrogens (tertiary/aromatic N) is 4. The number of hydrogen-bond acceptors (Lipinski definition) is 7. The number of rotatable bonds is 5. The molecule has 1 heterocycles. The van der Waals surface area contributed by atoms with Gasteiger partial charge in [-0.2, -0.15) is 10.4 Å². The Morgan fingerprint density at radius 1 is 1.46 bits per heavy atom. The van der Waals surface area contributed by atoms with Crippen molar-refractivity contribution in [1.82, 2.24) is 4.90 Å². The minimum atomic E-state index is -0.415. The summed E-state index contributed by atoms with van der Waals surface area (Å²) in [5, 5.41) is 20.3. The number of nitrogens with two attached hydrogens (primary N) is 1. The fraction of sp³-hybridized carbons (Fsp3) is 0.375. The maximum atomic E-state index is 11.7. The summed E-state index contributed by atoms with van der Waals surface area (Å²) in [5.41, 5.74) is 9.09. The van der Waals surface area contributed by atoms with Crippen molar-refractivity contribution >= 4 is 40.6 Å². The fourth-order valence-electron chi connectivity index (χ4n) is 2.44. The van der Waals surface area contributed by atoms with Crippen LogP contribution in [0.3, 0.4) is 0 Å². The van der Waals surface area contributed by atoms with Crippen LogP contribution in [0.4, 0.5) is 16.2 Å². The normalized spacial score (nSPS) is 14.6. The van der Waals surface area contributed by atoms with Gasteiger partial charge in [0.2, 0.25) is 5.71 Å². The number of nitrogens with one attached hydrogen (secondary N) is 2. The Morgan fingerprint density at radius 3 is 2.69 bits per heavy atom. The van der Waals surface area contributed by atoms with E-state index in [0.717, 1.165) is 5.69 Å². The van der Waals surface area contributed by atoms with Crippen LogP contribution in [0.5, 0.6) is 0 Å². The summed E-state index contributed by atoms with van der Waals surface area (Å²) in [4.78, 5) is 15.5. The number of benzene rings is 1. The summed E-state index contributed by atoms with van der Waals surface area (Å²) in [7, 11) is 0. The Labute approximate surface area is 156 Å². The first-order valence-electron chi connectivity index (χ1n) is 8.00. The number of hydrogen-bond donors (Lipinski definition) is 3. The number of carbonyl (C=O) groups excluding carboxylic acids is 1. The van der Waals surface area contributed by atoms with Gasteiger partial charge in [0.15, 0.2) is 5.84 Å². The highest BCUT2D eigenvalue weighted by Crippen LogP contribution is 2.29. The molecule has 1 saturated heterocycles. The number of piperazine rings is 1. The largest absolute Gasteiger partial charge is 0.450 e. The molecule has 0 saturated carbocycles. The third-order valence-corrected chi connectivity index (χ3v) is 4.05. The lowest BCUT2D eigenvalue weighted by Gasteiger charge is -2.35. The van der Waals surface area contributed by atoms with Gasteiger partial charge in [-0.15, -0.1) is 0 Å². The standard InChI is InChI=1S/C16H20ClN7O2/c1-2-26-16(25)24-7-5-23(6-8-24)14-4-3-11(9-12(14)17)21-22-13(10-18)15(19)20/h3-4,9,21H,2,5-8H2,1H3,(H3,19,20)/b22-13+. The van der Waals surface area contributed by atoms with Gasteiger partial charge in [-0.1, -0.05) is 11.6 Å². The third-order valence-electron chi connectivity index (χ3n) is 3.75. The molecule has 1 fully saturated rings. The number of ether oxygens (including phenoxy) is 1. The highest BCUT2D eigenvalue weighted by molar-refractivity contribution is 6.45. The zero-order valence-electron chi connectivity index (χ0n) is 14.3. The molecule has 0 atom stereocenters. The SMILES string of the molecule is CCOC(=O)N1CCN(c2ccc(N/N=C(\C#N)C(=N)N)cc2Cl)CC1. The molecule has 1 aromatic rings. The van der Waals surface area contributed by atoms with Gasteiger partial charge >= 0.3 is 6.09 Å². The molecule has 1 aliphatic rings. The molecule has 1 aliphatic heterocycles. The van der Waals surface area contributed by atoms with Crippen LogP contribution in [-0.4, -0.2) is 55.3 Å². The molecule has 0 bridgehead atoms. The molecule has 2 rings (SSSR count). The quantitative estimate of drug-likeness (QED) is 0.407. The predicted octanol–water partition coefficient (Wildman–Crippen LogP) is 1.85. The van der Waals surface area contributed by atoms with E-state index in [-0.39, 0.29) is 11.8 Å². The van der Waals surface area contributed by atoms with E-state index in [2.05, 4.69) is 15.4 Å². The van der Waals surface area contributed by atoms with Crippen molar-refractivity contribution in [2.24, 2.45) is 10.8 Å². The average Bonchev–Trinajstić information content (AvgIpc) is 2.62. The molecule has 10 heteroatoms. The second kappa shape index (κ2) is 8.92. The molecule has 0 spiro atoms. The number of nitriles is 1. The van der Waals surface area contributed by atoms with Crippen molar-refractivity contribution in [3.63, 3.8) is 0 Å². The Hall–Kier alpha value is -2.99. The van der Waals surface area contributed by atoms with Crippen LogP contribution in [0, 0.1) is 16.7 Å². The van der Waals surface area contributed by atoms with E-state index in [4.69, 9.17) is 32.7 Å². The van der Waals surface area contributed by atoms with Gasteiger partial charge in [0.1, 0.15) is 6.07 Å². The van der Waals surface area contributed by atoms with Crippen molar-refractivity contribution in [3.05, 3.63) is 23.2 Å². The summed E-state index contributed by atoms with van der Waals surface area (Å²) >= 11 is 6.36. The molecule has 4 N–H and O–H groups in total. The molecule has 0 aromatic heterocycles. The zero-order chi connectivity index (χ0) is 19.1. The van der Waals surface area contributed by atoms with E-state index in [1.54, 1.807) is 30.0 Å². The molecule has 1 amide bonds. The van der Waals surface area contributed by atoms with Crippen LogP contribution in [-0.2, 0) is 4.74 Å². The van der Waals surface area contributed by atoms with Gasteiger partial charge in [-0.05, 0) is 25.1 Å². The van der Waals surface area contributed by atoms with E-state index in [0.29, 0.717) is 43.5 Å². The molecule has 0 radical (unpaired) electrons. The molecule has 26 heavy (non-hydrogen) atoms. The summed E-state index contributed by atoms with van der Waals surface area (Å²) in [5.74, 6) is -0.415. The highest BCUT2D eigenvalue weighted by atomic mass is 35.5. The van der Waals surface area contributed by atoms with Crippen LogP contribution in [0.15, 0.2) is 23.3 Å². The van der Waals surface area contributed by atoms with Crippen molar-refractivity contribution < 1.29 is 9.53 Å². The second-order valence-electron chi connectivity index (χ2n) is 5.44. The Bertz CT molecular complexity index is 751. The highest BCUT2D eigenvalue weighted by Gasteiger charge is 2.23. The maximum Gasteiger partial charge on any atom is 0.409 e. The van der Waals surface area contributed by atoms with Crippen LogP contribution < -0.4 is 16.1 Å². The monoisotopic (exact) mass is 377 g/mol. The van der Waals surface area contributed by atoms with E-state index in [1.165, 1.54) is 0 Å². The maximum absolute atomic E-state index is 11.7. The molecular weight excluding hydrogens is 358 g/mol. The number of amidine groups is 1. The molecule has 0 unspecified atom stereocenters. The van der Waals surface area contributed by atoms with Crippen molar-refractivity contribution in [1.29, 1.82) is 10.7 Å². The number of anilines is 2. The third kappa shape index (κ3) is 4.77. The van der Waals surface area contributed by atoms with Crippen LogP contribution in [0.1, 0.15) is 6.92 Å². The van der Waals surface area contributed by atoms with Crippen LogP contribution >= 0.6 is 11.6 Å². The predicted molar refractivity (Wildman–Crippen MR) is 101 cm³/mol. The lowest BCUT2D eigenvalue weighted by molar-refractivity contribution is 0.105. The number of halogens is 1. The summed E-state index contributed by atoms with van der Waals surface area (Å²) in [6.07, 6.45) is -0.297. The number of carbonyl (C=O) groups is 1. The lowest BCUT2D eigenvalue weighted by Crippen LogP contribution is -2.49. The van der Waals surface area contributed by atoms with Crippen LogP contribution in [0.25, 0.3) is 0 Å². The van der Waals surface area contributed by atoms with Crippen molar-refractivity contribution in [3.8, 4) is 6.07 Å². The van der Waals surface area contributed by atoms with Gasteiger partial charge in [-0.3, -0.25) is 10.8 Å². The molecule has 138 valence electrons. The summed E-state index contributed by atoms with van der Waals surface area (Å²) < 4.78 is 5.01. The minimum Gasteiger partial charge on any atom is -0.450 e. The van der Waals surface area contributed by atoms with Crippen LogP contribution in [0.2, 0.25) is 5.02 Å². The Kier molecular flexibility index (Phi) is 6.63. The van der Waals surface area contributed by atoms with E-state index in [9.17, 15) is 4.79 Å². The van der Waals surface area contributed by atoms with Crippen molar-refractivity contribution in [2.45, 2.75) is 6.92 Å². The first-order chi connectivity index (χ1) is 12.5. The average molecular weight is 378 g/mol. The lowest BCUT2D eigenvalue weighted by atomic mass is 10.2. The topological polar surface area (TPSA) is 131 Å². The fourth-order valence-corrected chi connectivity index (χ4v) is 2.74. The van der Waals surface area contributed by atoms with Gasteiger partial charge in [-0.25, -0.2) is 4.79 Å². The van der Waals surface area contributed by atoms with Gasteiger partial charge in [0.05, 0.1) is 23.0 Å². The summed E-state index contributed by atoms with van der Waals surface area (Å²) in [6, 6.07) is 6.99. The Balaban J connectivity index is 2.01. The first kappa shape index (κ1) is 19.3. The molecule has 0 aliphatic carbocycles. The van der Waals surface area contributed by atoms with Crippen molar-refractivity contribution in [2.75, 3.05) is 43.1 Å². The molecule has 1 aromatic carbocycles. The zero-order valence-corrected chi connectivity index (χ0v) is 15.1. The summed E-state index contributed by atoms with van der Waals surface area (Å²) in [6.45, 7) is 4.55. The first-order valence-corrected chi connectivity index (χ1v) is 8.38.